The Morgan fingerprint density at radius 1 is 1.38 bits per heavy atom. The summed E-state index contributed by atoms with van der Waals surface area (Å²) >= 11 is 0. The van der Waals surface area contributed by atoms with Crippen LogP contribution >= 0.6 is 0 Å². The number of nitrogens with one attached hydrogen (secondary N) is 2. The quantitative estimate of drug-likeness (QED) is 0.829. The van der Waals surface area contributed by atoms with Crippen LogP contribution in [0.1, 0.15) is 17.0 Å². The second kappa shape index (κ2) is 7.39. The monoisotopic (exact) mass is 343 g/mol. The van der Waals surface area contributed by atoms with Gasteiger partial charge in [-0.1, -0.05) is 0 Å². The number of hydrogen-bond acceptors (Lipinski definition) is 7. The summed E-state index contributed by atoms with van der Waals surface area (Å²) in [5.74, 6) is 0.632. The van der Waals surface area contributed by atoms with Gasteiger partial charge in [0.2, 0.25) is 11.8 Å². The highest BCUT2D eigenvalue weighted by atomic mass is 19.3. The fourth-order valence-electron chi connectivity index (χ4n) is 2.27. The maximum absolute atomic E-state index is 12.2. The van der Waals surface area contributed by atoms with Crippen LogP contribution < -0.4 is 14.8 Å². The van der Waals surface area contributed by atoms with Gasteiger partial charge >= 0.3 is 6.61 Å². The number of nitrogens with zero attached hydrogens (tertiary/aromatic N) is 4. The molecule has 0 aromatic carbocycles. The molecule has 0 atom stereocenters. The lowest BCUT2D eigenvalue weighted by molar-refractivity contribution is -0.0528. The summed E-state index contributed by atoms with van der Waals surface area (Å²) < 4.78 is 56.5. The van der Waals surface area contributed by atoms with Gasteiger partial charge in [0.1, 0.15) is 11.9 Å². The maximum atomic E-state index is 12.2. The first kappa shape index (κ1) is 12.9. The molecule has 8 nitrogen and oxygen atoms in total. The number of ether oxygens (including phenoxy) is 2. The molecule has 0 bridgehead atoms. The van der Waals surface area contributed by atoms with E-state index in [0.29, 0.717) is 37.6 Å². The number of aromatic amines is 1. The lowest BCUT2D eigenvalue weighted by atomic mass is 10.1. The van der Waals surface area contributed by atoms with Crippen LogP contribution in [-0.2, 0) is 0 Å². The Labute approximate surface area is 141 Å². The number of H-pyrrole nitrogens is 1. The van der Waals surface area contributed by atoms with Gasteiger partial charge in [0, 0.05) is 23.3 Å². The molecule has 1 saturated heterocycles. The average Bonchev–Trinajstić information content (AvgIpc) is 3.01. The fourth-order valence-corrected chi connectivity index (χ4v) is 2.27. The number of halogens is 2. The van der Waals surface area contributed by atoms with Crippen LogP contribution in [-0.4, -0.2) is 57.8 Å². The first-order valence-electron chi connectivity index (χ1n) is 8.80. The van der Waals surface area contributed by atoms with Crippen LogP contribution in [0.2, 0.25) is 0 Å². The van der Waals surface area contributed by atoms with Crippen molar-refractivity contribution in [3.8, 4) is 11.8 Å². The van der Waals surface area contributed by atoms with Gasteiger partial charge in [-0.25, -0.2) is 0 Å². The molecule has 0 saturated carbocycles. The van der Waals surface area contributed by atoms with Crippen LogP contribution in [0.5, 0.6) is 11.8 Å². The minimum absolute atomic E-state index is 0.161. The van der Waals surface area contributed by atoms with Crippen molar-refractivity contribution in [2.24, 2.45) is 0 Å². The van der Waals surface area contributed by atoms with Crippen LogP contribution in [0.15, 0.2) is 18.5 Å². The van der Waals surface area contributed by atoms with Crippen LogP contribution in [0, 0.1) is 0 Å². The van der Waals surface area contributed by atoms with E-state index in [4.69, 9.17) is 8.85 Å². The molecule has 10 heteroatoms. The molecule has 1 aliphatic heterocycles. The number of piperidine rings is 1. The molecule has 1 fully saturated rings. The van der Waals surface area contributed by atoms with E-state index in [2.05, 4.69) is 30.2 Å². The van der Waals surface area contributed by atoms with Crippen molar-refractivity contribution < 1.29 is 22.4 Å². The number of rotatable bonds is 6. The summed E-state index contributed by atoms with van der Waals surface area (Å²) in [7, 11) is 0. The van der Waals surface area contributed by atoms with Gasteiger partial charge in [-0.2, -0.15) is 13.8 Å². The Kier molecular flexibility index (Phi) is 3.96. The van der Waals surface area contributed by atoms with Gasteiger partial charge in [-0.15, -0.1) is 5.10 Å². The van der Waals surface area contributed by atoms with Crippen LogP contribution in [0.25, 0.3) is 0 Å². The predicted octanol–water partition coefficient (Wildman–Crippen LogP) is 2.02. The van der Waals surface area contributed by atoms with Crippen LogP contribution in [0.4, 0.5) is 20.4 Å². The van der Waals surface area contributed by atoms with Crippen LogP contribution in [0.3, 0.4) is 0 Å². The minimum Gasteiger partial charge on any atom is -0.473 e. The molecular weight excluding hydrogens is 322 g/mol. The summed E-state index contributed by atoms with van der Waals surface area (Å²) in [5, 5.41) is 8.89. The van der Waals surface area contributed by atoms with Gasteiger partial charge in [0.05, 0.1) is 12.4 Å². The van der Waals surface area contributed by atoms with Crippen molar-refractivity contribution >= 4 is 11.6 Å². The molecule has 2 aromatic rings. The zero-order chi connectivity index (χ0) is 19.4. The molecule has 0 amide bonds. The van der Waals surface area contributed by atoms with Crippen molar-refractivity contribution in [2.75, 3.05) is 25.4 Å². The fraction of sp³-hybridized carbons (Fsp3) is 0.500. The summed E-state index contributed by atoms with van der Waals surface area (Å²) in [5.41, 5.74) is 0. The van der Waals surface area contributed by atoms with Crippen molar-refractivity contribution in [2.45, 2.75) is 25.6 Å². The lowest BCUT2D eigenvalue weighted by Crippen LogP contribution is -2.35. The Morgan fingerprint density at radius 3 is 2.96 bits per heavy atom. The molecule has 2 N–H and O–H groups in total. The highest BCUT2D eigenvalue weighted by Gasteiger charge is 2.18. The van der Waals surface area contributed by atoms with E-state index in [1.54, 1.807) is 0 Å². The summed E-state index contributed by atoms with van der Waals surface area (Å²) in [4.78, 5) is 9.70. The number of likely N-dealkylation sites (tertiary alicyclic amines) is 1. The van der Waals surface area contributed by atoms with Gasteiger partial charge in [0.25, 0.3) is 0 Å². The van der Waals surface area contributed by atoms with Crippen molar-refractivity contribution in [1.29, 1.82) is 0 Å². The zero-order valence-corrected chi connectivity index (χ0v) is 12.6. The smallest absolute Gasteiger partial charge is 0.388 e. The average molecular weight is 343 g/mol. The SMILES string of the molecule is [2H]C([2H])([2H])N1CCC(Oc2cncc(Nc3cc(OC(F)F)n[nH]3)n2)CC1. The third-order valence-corrected chi connectivity index (χ3v) is 3.37. The Morgan fingerprint density at radius 2 is 2.21 bits per heavy atom. The molecule has 0 spiro atoms. The standard InChI is InChI=1S/C14H18F2N6O2/c1-22-4-2-9(3-5-22)23-13-8-17-7-11(19-13)18-10-6-12(21-20-10)24-14(15)16/h6-9,14H,2-5H2,1H3,(H2,18,19,20,21)/i1D3. The second-order valence-corrected chi connectivity index (χ2v) is 5.17. The lowest BCUT2D eigenvalue weighted by Gasteiger charge is -2.28. The molecular formula is C14H18F2N6O2. The van der Waals surface area contributed by atoms with E-state index in [1.165, 1.54) is 23.4 Å². The van der Waals surface area contributed by atoms with Gasteiger partial charge in [-0.3, -0.25) is 10.1 Å². The molecule has 0 unspecified atom stereocenters. The third kappa shape index (κ3) is 4.51. The molecule has 3 heterocycles. The van der Waals surface area contributed by atoms with E-state index in [-0.39, 0.29) is 17.9 Å². The molecule has 2 aromatic heterocycles. The van der Waals surface area contributed by atoms with Crippen molar-refractivity contribution in [3.05, 3.63) is 18.5 Å². The first-order valence-corrected chi connectivity index (χ1v) is 7.30. The normalized spacial score (nSPS) is 18.7. The molecule has 1 aliphatic rings. The van der Waals surface area contributed by atoms with Gasteiger partial charge in [-0.05, 0) is 19.8 Å². The highest BCUT2D eigenvalue weighted by molar-refractivity contribution is 5.51. The third-order valence-electron chi connectivity index (χ3n) is 3.37. The molecule has 0 aliphatic carbocycles. The molecule has 3 rings (SSSR count). The topological polar surface area (TPSA) is 88.2 Å². The molecule has 130 valence electrons. The largest absolute Gasteiger partial charge is 0.473 e. The van der Waals surface area contributed by atoms with Gasteiger partial charge < -0.3 is 19.7 Å². The Bertz CT molecular complexity index is 752. The second-order valence-electron chi connectivity index (χ2n) is 5.17. The van der Waals surface area contributed by atoms with E-state index in [9.17, 15) is 8.78 Å². The van der Waals surface area contributed by atoms with Crippen molar-refractivity contribution in [3.63, 3.8) is 0 Å². The predicted molar refractivity (Wildman–Crippen MR) is 81.7 cm³/mol. The number of hydrogen-bond donors (Lipinski definition) is 2. The van der Waals surface area contributed by atoms with E-state index in [0.717, 1.165) is 0 Å². The van der Waals surface area contributed by atoms with E-state index >= 15 is 0 Å². The Hall–Kier alpha value is -2.49. The minimum atomic E-state index is -2.96. The van der Waals surface area contributed by atoms with E-state index in [1.807, 2.05) is 0 Å². The number of alkyl halides is 2. The maximum Gasteiger partial charge on any atom is 0.388 e. The molecule has 0 radical (unpaired) electrons. The summed E-state index contributed by atoms with van der Waals surface area (Å²) in [6.45, 7) is -4.23. The Balaban J connectivity index is 1.56. The first-order chi connectivity index (χ1) is 12.8. The number of aromatic nitrogens is 4. The number of anilines is 2. The highest BCUT2D eigenvalue weighted by Crippen LogP contribution is 2.21. The summed E-state index contributed by atoms with van der Waals surface area (Å²) in [6.07, 6.45) is 3.84. The zero-order valence-electron chi connectivity index (χ0n) is 15.6. The van der Waals surface area contributed by atoms with E-state index < -0.39 is 13.6 Å². The van der Waals surface area contributed by atoms with Crippen molar-refractivity contribution in [1.82, 2.24) is 25.1 Å². The molecule has 24 heavy (non-hydrogen) atoms. The summed E-state index contributed by atoms with van der Waals surface area (Å²) in [6, 6.07) is 1.26. The van der Waals surface area contributed by atoms with Gasteiger partial charge in [0.15, 0.2) is 5.82 Å².